The van der Waals surface area contributed by atoms with Crippen LogP contribution < -0.4 is 11.1 Å². The molecule has 48 heavy (non-hydrogen) atoms. The van der Waals surface area contributed by atoms with Crippen LogP contribution in [0.25, 0.3) is 44.1 Å². The van der Waals surface area contributed by atoms with Gasteiger partial charge in [0.2, 0.25) is 0 Å². The first-order valence-corrected chi connectivity index (χ1v) is 17.3. The number of rotatable bonds is 8. The number of hydrogen-bond acceptors (Lipinski definition) is 8. The van der Waals surface area contributed by atoms with Gasteiger partial charge in [-0.25, -0.2) is 19.9 Å². The van der Waals surface area contributed by atoms with Crippen LogP contribution in [0.4, 0.5) is 0 Å². The first kappa shape index (κ1) is 29.8. The third-order valence-electron chi connectivity index (χ3n) is 7.94. The molecule has 0 unspecified atom stereocenters. The van der Waals surface area contributed by atoms with Gasteiger partial charge in [0.15, 0.2) is 5.16 Å². The summed E-state index contributed by atoms with van der Waals surface area (Å²) in [5.41, 5.74) is 3.38. The number of hydrogen-bond donors (Lipinski definition) is 0. The Labute approximate surface area is 283 Å². The Hall–Kier alpha value is -5.58. The van der Waals surface area contributed by atoms with Crippen LogP contribution in [0.5, 0.6) is 0 Å². The van der Waals surface area contributed by atoms with E-state index in [0.717, 1.165) is 27.3 Å². The second-order valence-corrected chi connectivity index (χ2v) is 12.9. The minimum absolute atomic E-state index is 0.112. The van der Waals surface area contributed by atoms with Crippen LogP contribution in [-0.4, -0.2) is 29.1 Å². The zero-order chi connectivity index (χ0) is 32.5. The van der Waals surface area contributed by atoms with E-state index >= 15 is 0 Å². The Balaban J connectivity index is 1.17. The molecule has 3 aromatic heterocycles. The predicted molar refractivity (Wildman–Crippen MR) is 193 cm³/mol. The summed E-state index contributed by atoms with van der Waals surface area (Å²) in [4.78, 5) is 47.1. The van der Waals surface area contributed by atoms with Gasteiger partial charge in [0.25, 0.3) is 11.1 Å². The zero-order valence-corrected chi connectivity index (χ0v) is 27.1. The molecular weight excluding hydrogens is 637 g/mol. The molecule has 0 aliphatic carbocycles. The topological polar surface area (TPSA) is 95.6 Å². The Kier molecular flexibility index (Phi) is 8.01. The lowest BCUT2D eigenvalue weighted by molar-refractivity contribution is 0.873. The second-order valence-electron chi connectivity index (χ2n) is 10.9. The fraction of sp³-hybridized carbons (Fsp3) is 0.0526. The van der Waals surface area contributed by atoms with Gasteiger partial charge < -0.3 is 0 Å². The monoisotopic (exact) mass is 662 g/mol. The highest BCUT2D eigenvalue weighted by Gasteiger charge is 2.17. The van der Waals surface area contributed by atoms with Crippen molar-refractivity contribution >= 4 is 56.2 Å². The molecule has 0 aliphatic rings. The third kappa shape index (κ3) is 5.65. The highest BCUT2D eigenvalue weighted by Crippen LogP contribution is 2.31. The van der Waals surface area contributed by atoms with Gasteiger partial charge in [-0.1, -0.05) is 102 Å². The summed E-state index contributed by atoms with van der Waals surface area (Å²) < 4.78 is 3.35. The van der Waals surface area contributed by atoms with Gasteiger partial charge in [0, 0.05) is 5.39 Å². The molecule has 232 valence electrons. The van der Waals surface area contributed by atoms with Crippen molar-refractivity contribution in [3.05, 3.63) is 166 Å². The summed E-state index contributed by atoms with van der Waals surface area (Å²) in [5, 5.41) is 3.37. The van der Waals surface area contributed by atoms with Crippen LogP contribution >= 0.6 is 23.5 Å². The molecule has 0 amide bonds. The normalized spacial score (nSPS) is 11.4. The summed E-state index contributed by atoms with van der Waals surface area (Å²) in [6.07, 6.45) is 0. The first-order valence-electron chi connectivity index (χ1n) is 15.3. The predicted octanol–water partition coefficient (Wildman–Crippen LogP) is 7.61. The van der Waals surface area contributed by atoms with Crippen molar-refractivity contribution in [3.8, 4) is 11.4 Å². The first-order chi connectivity index (χ1) is 23.6. The average molecular weight is 663 g/mol. The summed E-state index contributed by atoms with van der Waals surface area (Å²) >= 11 is 2.94. The minimum Gasteiger partial charge on any atom is -0.268 e. The molecule has 0 aliphatic heterocycles. The molecular formula is C38H26N6O2S2. The highest BCUT2D eigenvalue weighted by atomic mass is 32.2. The summed E-state index contributed by atoms with van der Waals surface area (Å²) in [7, 11) is 0. The van der Waals surface area contributed by atoms with Gasteiger partial charge in [0.1, 0.15) is 16.7 Å². The lowest BCUT2D eigenvalue weighted by atomic mass is 10.2. The summed E-state index contributed by atoms with van der Waals surface area (Å²) in [6, 6.07) is 41.8. The van der Waals surface area contributed by atoms with Crippen molar-refractivity contribution in [2.24, 2.45) is 0 Å². The summed E-state index contributed by atoms with van der Waals surface area (Å²) in [6.45, 7) is 0. The molecule has 8 rings (SSSR count). The van der Waals surface area contributed by atoms with Gasteiger partial charge in [-0.05, 0) is 54.6 Å². The van der Waals surface area contributed by atoms with Crippen LogP contribution in [0.1, 0.15) is 11.6 Å². The van der Waals surface area contributed by atoms with Gasteiger partial charge in [-0.2, -0.15) is 0 Å². The van der Waals surface area contributed by atoms with Gasteiger partial charge >= 0.3 is 0 Å². The fourth-order valence-electron chi connectivity index (χ4n) is 5.70. The lowest BCUT2D eigenvalue weighted by Crippen LogP contribution is -2.23. The van der Waals surface area contributed by atoms with Gasteiger partial charge in [-0.3, -0.25) is 18.7 Å². The molecule has 0 spiro atoms. The summed E-state index contributed by atoms with van der Waals surface area (Å²) in [5.74, 6) is 2.00. The smallest absolute Gasteiger partial charge is 0.265 e. The Morgan fingerprint density at radius 2 is 0.854 bits per heavy atom. The SMILES string of the molecule is O=c1c2ccccc2nc(CSc2nc(SCc3nc4ccccc4c(=O)n3-c3ccccc3)c3ccccc3n2)n1-c1ccccc1. The van der Waals surface area contributed by atoms with E-state index in [-0.39, 0.29) is 11.1 Å². The van der Waals surface area contributed by atoms with Crippen LogP contribution in [0.15, 0.2) is 153 Å². The Bertz CT molecular complexity index is 2570. The lowest BCUT2D eigenvalue weighted by Gasteiger charge is -2.15. The molecule has 8 aromatic rings. The molecule has 0 N–H and O–H groups in total. The number of aromatic nitrogens is 6. The van der Waals surface area contributed by atoms with Crippen LogP contribution in [0, 0.1) is 0 Å². The number of thioether (sulfide) groups is 2. The van der Waals surface area contributed by atoms with Gasteiger partial charge in [-0.15, -0.1) is 0 Å². The quantitative estimate of drug-likeness (QED) is 0.0932. The maximum atomic E-state index is 13.7. The molecule has 0 saturated carbocycles. The molecule has 5 aromatic carbocycles. The van der Waals surface area contributed by atoms with Crippen molar-refractivity contribution in [2.45, 2.75) is 21.7 Å². The maximum Gasteiger partial charge on any atom is 0.265 e. The molecule has 8 nitrogen and oxygen atoms in total. The van der Waals surface area contributed by atoms with E-state index in [4.69, 9.17) is 19.9 Å². The van der Waals surface area contributed by atoms with Crippen LogP contribution in [0.3, 0.4) is 0 Å². The van der Waals surface area contributed by atoms with Crippen molar-refractivity contribution in [2.75, 3.05) is 0 Å². The standard InChI is InChI=1S/C38H26N6O2S2/c45-36-28-18-8-11-21-31(28)39-33(43(36)25-13-3-1-4-14-25)23-47-35-27-17-7-10-20-30(27)41-38(42-35)48-24-34-40-32-22-12-9-19-29(32)37(46)44(34)26-15-5-2-6-16-26/h1-22H,23-24H2. The van der Waals surface area contributed by atoms with E-state index in [9.17, 15) is 9.59 Å². The second kappa shape index (κ2) is 12.9. The van der Waals surface area contributed by atoms with E-state index in [1.54, 1.807) is 15.2 Å². The molecule has 3 heterocycles. The largest absolute Gasteiger partial charge is 0.268 e. The Morgan fingerprint density at radius 1 is 0.438 bits per heavy atom. The highest BCUT2D eigenvalue weighted by molar-refractivity contribution is 7.99. The number of nitrogens with zero attached hydrogens (tertiary/aromatic N) is 6. The van der Waals surface area contributed by atoms with Crippen molar-refractivity contribution < 1.29 is 0 Å². The molecule has 0 bridgehead atoms. The van der Waals surface area contributed by atoms with E-state index in [1.165, 1.54) is 23.5 Å². The third-order valence-corrected chi connectivity index (χ3v) is 9.77. The van der Waals surface area contributed by atoms with E-state index in [1.807, 2.05) is 127 Å². The molecule has 0 saturated heterocycles. The van der Waals surface area contributed by atoms with Gasteiger partial charge in [0.05, 0.1) is 50.2 Å². The van der Waals surface area contributed by atoms with Crippen molar-refractivity contribution in [1.82, 2.24) is 29.1 Å². The maximum absolute atomic E-state index is 13.7. The number of para-hydroxylation sites is 5. The van der Waals surface area contributed by atoms with Crippen LogP contribution in [0.2, 0.25) is 0 Å². The zero-order valence-electron chi connectivity index (χ0n) is 25.4. The molecule has 0 atom stereocenters. The van der Waals surface area contributed by atoms with E-state index < -0.39 is 0 Å². The average Bonchev–Trinajstić information content (AvgIpc) is 3.14. The molecule has 0 fully saturated rings. The molecule has 0 radical (unpaired) electrons. The fourth-order valence-corrected chi connectivity index (χ4v) is 7.47. The van der Waals surface area contributed by atoms with Crippen molar-refractivity contribution in [1.29, 1.82) is 0 Å². The van der Waals surface area contributed by atoms with E-state index in [2.05, 4.69) is 0 Å². The van der Waals surface area contributed by atoms with Crippen molar-refractivity contribution in [3.63, 3.8) is 0 Å². The van der Waals surface area contributed by atoms with E-state index in [0.29, 0.717) is 50.1 Å². The number of fused-ring (bicyclic) bond motifs is 3. The Morgan fingerprint density at radius 3 is 1.38 bits per heavy atom. The van der Waals surface area contributed by atoms with Crippen LogP contribution in [-0.2, 0) is 11.5 Å². The minimum atomic E-state index is -0.120. The number of benzene rings is 5. The molecule has 10 heteroatoms.